The molecular formula is C16H22N4O5S. The largest absolute Gasteiger partial charge is 0.460 e. The zero-order valence-electron chi connectivity index (χ0n) is 14.8. The van der Waals surface area contributed by atoms with Gasteiger partial charge in [0, 0.05) is 12.8 Å². The number of hydrogen-bond acceptors (Lipinski definition) is 9. The summed E-state index contributed by atoms with van der Waals surface area (Å²) in [6.07, 6.45) is 0.211. The van der Waals surface area contributed by atoms with Crippen LogP contribution in [0.2, 0.25) is 0 Å². The first-order valence-corrected chi connectivity index (χ1v) is 9.27. The van der Waals surface area contributed by atoms with Crippen LogP contribution in [-0.2, 0) is 14.3 Å². The summed E-state index contributed by atoms with van der Waals surface area (Å²) in [4.78, 5) is 31.7. The zero-order chi connectivity index (χ0) is 19.0. The Kier molecular flexibility index (Phi) is 5.26. The van der Waals surface area contributed by atoms with Gasteiger partial charge >= 0.3 is 10.8 Å². The Bertz CT molecular complexity index is 864. The molecule has 2 aromatic heterocycles. The van der Waals surface area contributed by atoms with E-state index in [1.165, 1.54) is 17.7 Å². The number of hydrogen-bond donors (Lipinski definition) is 2. The molecule has 10 heteroatoms. The van der Waals surface area contributed by atoms with Crippen molar-refractivity contribution in [1.29, 1.82) is 0 Å². The second-order valence-corrected chi connectivity index (χ2v) is 7.41. The number of esters is 1. The Morgan fingerprint density at radius 1 is 1.62 bits per heavy atom. The lowest BCUT2D eigenvalue weighted by molar-refractivity contribution is -0.156. The Morgan fingerprint density at radius 3 is 2.96 bits per heavy atom. The van der Waals surface area contributed by atoms with Gasteiger partial charge in [0.25, 0.3) is 0 Å². The van der Waals surface area contributed by atoms with E-state index < -0.39 is 30.5 Å². The lowest BCUT2D eigenvalue weighted by atomic mass is 9.95. The van der Waals surface area contributed by atoms with E-state index >= 15 is 0 Å². The first kappa shape index (κ1) is 18.7. The van der Waals surface area contributed by atoms with Crippen molar-refractivity contribution in [2.45, 2.75) is 58.2 Å². The number of nitrogens with two attached hydrogens (primary N) is 1. The summed E-state index contributed by atoms with van der Waals surface area (Å²) in [5.74, 6) is -0.689. The zero-order valence-corrected chi connectivity index (χ0v) is 15.6. The van der Waals surface area contributed by atoms with Gasteiger partial charge in [0.1, 0.15) is 12.3 Å². The van der Waals surface area contributed by atoms with E-state index in [9.17, 15) is 14.7 Å². The number of rotatable bonds is 5. The Morgan fingerprint density at radius 2 is 2.35 bits per heavy atom. The van der Waals surface area contributed by atoms with Gasteiger partial charge in [-0.05, 0) is 19.8 Å². The third kappa shape index (κ3) is 3.44. The van der Waals surface area contributed by atoms with Gasteiger partial charge in [-0.25, -0.2) is 4.98 Å². The number of aliphatic hydroxyl groups excluding tert-OH is 1. The normalized spacial score (nSPS) is 25.3. The van der Waals surface area contributed by atoms with Crippen molar-refractivity contribution < 1.29 is 19.4 Å². The molecule has 142 valence electrons. The molecule has 3 rings (SSSR count). The van der Waals surface area contributed by atoms with Crippen molar-refractivity contribution in [2.75, 3.05) is 5.73 Å². The van der Waals surface area contributed by atoms with Crippen LogP contribution in [0.15, 0.2) is 11.0 Å². The summed E-state index contributed by atoms with van der Waals surface area (Å²) in [6.45, 7) is 4.89. The van der Waals surface area contributed by atoms with Crippen LogP contribution in [0.5, 0.6) is 0 Å². The number of nitrogens with zero attached hydrogens (tertiary/aromatic N) is 3. The molecular weight excluding hydrogens is 360 g/mol. The van der Waals surface area contributed by atoms with Crippen molar-refractivity contribution in [1.82, 2.24) is 14.5 Å². The highest BCUT2D eigenvalue weighted by Crippen LogP contribution is 2.40. The molecule has 2 aromatic rings. The SMILES string of the molecule is CC[C@H](OC(C)=O)[C@@H]1C[C@@H]([C@@H](C)O)C(n2c(=O)sc3cnc(N)nc32)O1. The van der Waals surface area contributed by atoms with E-state index in [2.05, 4.69) is 9.97 Å². The Hall–Kier alpha value is -2.04. The highest BCUT2D eigenvalue weighted by molar-refractivity contribution is 7.16. The lowest BCUT2D eigenvalue weighted by Crippen LogP contribution is -2.31. The van der Waals surface area contributed by atoms with Crippen LogP contribution >= 0.6 is 11.3 Å². The minimum atomic E-state index is -0.722. The quantitative estimate of drug-likeness (QED) is 0.734. The second-order valence-electron chi connectivity index (χ2n) is 6.42. The molecule has 1 aliphatic heterocycles. The summed E-state index contributed by atoms with van der Waals surface area (Å²) in [5, 5.41) is 10.2. The Labute approximate surface area is 153 Å². The molecule has 0 aliphatic carbocycles. The molecule has 3 heterocycles. The van der Waals surface area contributed by atoms with Crippen LogP contribution in [0.4, 0.5) is 5.95 Å². The topological polar surface area (TPSA) is 130 Å². The lowest BCUT2D eigenvalue weighted by Gasteiger charge is -2.23. The maximum absolute atomic E-state index is 12.6. The maximum Gasteiger partial charge on any atom is 0.311 e. The first-order chi connectivity index (χ1) is 12.3. The van der Waals surface area contributed by atoms with Gasteiger partial charge < -0.3 is 20.3 Å². The van der Waals surface area contributed by atoms with Gasteiger partial charge in [-0.15, -0.1) is 0 Å². The van der Waals surface area contributed by atoms with Gasteiger partial charge in [0.05, 0.1) is 23.1 Å². The first-order valence-electron chi connectivity index (χ1n) is 8.46. The Balaban J connectivity index is 2.00. The molecule has 1 aliphatic rings. The van der Waals surface area contributed by atoms with Crippen molar-refractivity contribution in [2.24, 2.45) is 5.92 Å². The third-order valence-corrected chi connectivity index (χ3v) is 5.45. The smallest absolute Gasteiger partial charge is 0.311 e. The molecule has 26 heavy (non-hydrogen) atoms. The minimum Gasteiger partial charge on any atom is -0.460 e. The van der Waals surface area contributed by atoms with E-state index in [1.54, 1.807) is 6.92 Å². The molecule has 0 radical (unpaired) electrons. The number of ether oxygens (including phenoxy) is 2. The van der Waals surface area contributed by atoms with E-state index in [0.29, 0.717) is 23.2 Å². The fourth-order valence-corrected chi connectivity index (χ4v) is 4.17. The van der Waals surface area contributed by atoms with Gasteiger partial charge in [-0.1, -0.05) is 18.3 Å². The molecule has 9 nitrogen and oxygen atoms in total. The van der Waals surface area contributed by atoms with Crippen LogP contribution < -0.4 is 10.6 Å². The number of carbonyl (C=O) groups excluding carboxylic acids is 1. The van der Waals surface area contributed by atoms with E-state index in [4.69, 9.17) is 15.2 Å². The standard InChI is InChI=1S/C16H22N4O5S/c1-4-10(24-8(3)22)11-5-9(7(2)21)14(25-11)20-13-12(26-16(20)23)6-18-15(17)19-13/h6-7,9-11,14,21H,4-5H2,1-3H3,(H2,17,18,19)/t7-,9+,10+,11+,14?/m1/s1. The number of nitrogen functional groups attached to an aromatic ring is 1. The summed E-state index contributed by atoms with van der Waals surface area (Å²) >= 11 is 0.994. The van der Waals surface area contributed by atoms with Gasteiger partial charge in [-0.2, -0.15) is 4.98 Å². The monoisotopic (exact) mass is 382 g/mol. The predicted octanol–water partition coefficient (Wildman–Crippen LogP) is 1.06. The molecule has 0 bridgehead atoms. The summed E-state index contributed by atoms with van der Waals surface area (Å²) < 4.78 is 13.4. The average molecular weight is 382 g/mol. The highest BCUT2D eigenvalue weighted by atomic mass is 32.1. The van der Waals surface area contributed by atoms with Crippen molar-refractivity contribution in [3.05, 3.63) is 15.9 Å². The number of carbonyl (C=O) groups is 1. The van der Waals surface area contributed by atoms with Crippen LogP contribution in [-0.4, -0.2) is 43.9 Å². The number of aliphatic hydroxyl groups is 1. The molecule has 0 aromatic carbocycles. The molecule has 5 atom stereocenters. The minimum absolute atomic E-state index is 0.0542. The highest BCUT2D eigenvalue weighted by Gasteiger charge is 2.44. The summed E-state index contributed by atoms with van der Waals surface area (Å²) in [7, 11) is 0. The summed E-state index contributed by atoms with van der Waals surface area (Å²) in [5.41, 5.74) is 6.05. The molecule has 1 fully saturated rings. The third-order valence-electron chi connectivity index (χ3n) is 4.57. The fraction of sp³-hybridized carbons (Fsp3) is 0.625. The van der Waals surface area contributed by atoms with Gasteiger partial charge in [-0.3, -0.25) is 14.2 Å². The van der Waals surface area contributed by atoms with Crippen molar-refractivity contribution in [3.8, 4) is 0 Å². The predicted molar refractivity (Wildman–Crippen MR) is 95.6 cm³/mol. The van der Waals surface area contributed by atoms with Crippen LogP contribution in [0.25, 0.3) is 10.3 Å². The van der Waals surface area contributed by atoms with Crippen molar-refractivity contribution >= 4 is 33.6 Å². The second kappa shape index (κ2) is 7.29. The van der Waals surface area contributed by atoms with Crippen molar-refractivity contribution in [3.63, 3.8) is 0 Å². The molecule has 1 saturated heterocycles. The molecule has 0 spiro atoms. The summed E-state index contributed by atoms with van der Waals surface area (Å²) in [6, 6.07) is 0. The number of aromatic nitrogens is 3. The molecule has 3 N–H and O–H groups in total. The number of anilines is 1. The van der Waals surface area contributed by atoms with Gasteiger partial charge in [0.2, 0.25) is 5.95 Å². The molecule has 0 amide bonds. The number of fused-ring (bicyclic) bond motifs is 1. The maximum atomic E-state index is 12.6. The fourth-order valence-electron chi connectivity index (χ4n) is 3.36. The van der Waals surface area contributed by atoms with E-state index in [0.717, 1.165) is 11.3 Å². The van der Waals surface area contributed by atoms with E-state index in [-0.39, 0.29) is 16.7 Å². The van der Waals surface area contributed by atoms with E-state index in [1.807, 2.05) is 6.92 Å². The average Bonchev–Trinajstić information content (AvgIpc) is 3.12. The van der Waals surface area contributed by atoms with Crippen LogP contribution in [0.3, 0.4) is 0 Å². The van der Waals surface area contributed by atoms with Crippen LogP contribution in [0.1, 0.15) is 39.8 Å². The van der Waals surface area contributed by atoms with Crippen LogP contribution in [0, 0.1) is 5.92 Å². The molecule has 1 unspecified atom stereocenters. The number of thiazole rings is 1. The van der Waals surface area contributed by atoms with Gasteiger partial charge in [0.15, 0.2) is 5.65 Å². The molecule has 0 saturated carbocycles.